The number of methoxy groups -OCH3 is 1. The van der Waals surface area contributed by atoms with Crippen LogP contribution in [0.2, 0.25) is 0 Å². The van der Waals surface area contributed by atoms with E-state index in [-0.39, 0.29) is 33.3 Å². The second-order valence-corrected chi connectivity index (χ2v) is 12.3. The molecule has 1 aliphatic rings. The zero-order chi connectivity index (χ0) is 22.6. The Kier molecular flexibility index (Phi) is 7.17. The van der Waals surface area contributed by atoms with E-state index in [1.807, 2.05) is 0 Å². The van der Waals surface area contributed by atoms with Crippen LogP contribution in [-0.4, -0.2) is 52.4 Å². The number of ether oxygens (including phenoxy) is 1. The molecule has 31 heavy (non-hydrogen) atoms. The van der Waals surface area contributed by atoms with Crippen molar-refractivity contribution in [2.45, 2.75) is 23.5 Å². The number of nitrogens with one attached hydrogen (secondary N) is 2. The molecule has 3 rings (SSSR count). The highest BCUT2D eigenvalue weighted by molar-refractivity contribution is 8.02. The first-order valence-corrected chi connectivity index (χ1v) is 13.8. The summed E-state index contributed by atoms with van der Waals surface area (Å²) in [4.78, 5) is 12.3. The van der Waals surface area contributed by atoms with Crippen molar-refractivity contribution < 1.29 is 26.4 Å². The molecule has 0 radical (unpaired) electrons. The van der Waals surface area contributed by atoms with Crippen LogP contribution in [0.3, 0.4) is 0 Å². The fourth-order valence-corrected chi connectivity index (χ4v) is 7.96. The minimum absolute atomic E-state index is 0.0331. The van der Waals surface area contributed by atoms with E-state index in [2.05, 4.69) is 10.0 Å². The zero-order valence-electron chi connectivity index (χ0n) is 17.1. The Morgan fingerprint density at radius 2 is 1.97 bits per heavy atom. The van der Waals surface area contributed by atoms with Crippen LogP contribution in [0.15, 0.2) is 47.4 Å². The lowest BCUT2D eigenvalue weighted by Gasteiger charge is -2.14. The van der Waals surface area contributed by atoms with E-state index in [1.165, 1.54) is 24.9 Å². The number of aryl methyl sites for hydroxylation is 1. The lowest BCUT2D eigenvalue weighted by molar-refractivity contribution is -0.113. The largest absolute Gasteiger partial charge is 0.495 e. The summed E-state index contributed by atoms with van der Waals surface area (Å²) >= 11 is 1.30. The first kappa shape index (κ1) is 23.4. The van der Waals surface area contributed by atoms with E-state index >= 15 is 0 Å². The molecule has 0 bridgehead atoms. The standard InChI is InChI=1S/C20H24N2O6S3/c1-14-7-8-15(21-20(23)12-29-16-9-10-30(24,25)13-16)11-19(14)31(26,27)22-17-5-3-4-6-18(17)28-2/h3-8,11,16,22H,9-10,12-13H2,1-2H3,(H,21,23). The van der Waals surface area contributed by atoms with Gasteiger partial charge in [0.1, 0.15) is 5.75 Å². The maximum Gasteiger partial charge on any atom is 0.262 e. The molecular formula is C20H24N2O6S3. The maximum absolute atomic E-state index is 12.9. The predicted octanol–water partition coefficient (Wildman–Crippen LogP) is 2.66. The van der Waals surface area contributed by atoms with Crippen LogP contribution in [-0.2, 0) is 24.7 Å². The predicted molar refractivity (Wildman–Crippen MR) is 123 cm³/mol. The molecule has 0 aromatic heterocycles. The second-order valence-electron chi connectivity index (χ2n) is 7.17. The zero-order valence-corrected chi connectivity index (χ0v) is 19.6. The number of sulfonamides is 1. The fourth-order valence-electron chi connectivity index (χ4n) is 3.18. The van der Waals surface area contributed by atoms with E-state index in [0.29, 0.717) is 29.1 Å². The SMILES string of the molecule is COc1ccccc1NS(=O)(=O)c1cc(NC(=O)CSC2CCS(=O)(=O)C2)ccc1C. The first-order chi connectivity index (χ1) is 14.6. The summed E-state index contributed by atoms with van der Waals surface area (Å²) < 4.78 is 56.7. The first-order valence-electron chi connectivity index (χ1n) is 9.48. The molecular weight excluding hydrogens is 460 g/mol. The summed E-state index contributed by atoms with van der Waals surface area (Å²) in [6, 6.07) is 11.3. The molecule has 8 nitrogen and oxygen atoms in total. The van der Waals surface area contributed by atoms with Gasteiger partial charge >= 0.3 is 0 Å². The summed E-state index contributed by atoms with van der Waals surface area (Å²) in [6.07, 6.45) is 0.543. The Labute approximate surface area is 186 Å². The molecule has 0 aliphatic carbocycles. The number of benzene rings is 2. The molecule has 1 aliphatic heterocycles. The normalized spacial score (nSPS) is 17.8. The minimum atomic E-state index is -3.93. The Balaban J connectivity index is 1.70. The van der Waals surface area contributed by atoms with Crippen molar-refractivity contribution in [1.82, 2.24) is 0 Å². The van der Waals surface area contributed by atoms with Gasteiger partial charge in [-0.2, -0.15) is 0 Å². The number of para-hydroxylation sites is 2. The van der Waals surface area contributed by atoms with E-state index in [4.69, 9.17) is 4.74 Å². The van der Waals surface area contributed by atoms with Gasteiger partial charge in [0.2, 0.25) is 5.91 Å². The van der Waals surface area contributed by atoms with Gasteiger partial charge < -0.3 is 10.1 Å². The van der Waals surface area contributed by atoms with Crippen LogP contribution < -0.4 is 14.8 Å². The molecule has 2 aromatic carbocycles. The number of carbonyl (C=O) groups excluding carboxylic acids is 1. The fraction of sp³-hybridized carbons (Fsp3) is 0.350. The van der Waals surface area contributed by atoms with Crippen molar-refractivity contribution >= 4 is 48.9 Å². The third-order valence-corrected chi connectivity index (χ3v) is 9.54. The average molecular weight is 485 g/mol. The van der Waals surface area contributed by atoms with Gasteiger partial charge in [-0.15, -0.1) is 11.8 Å². The molecule has 1 atom stereocenters. The van der Waals surface area contributed by atoms with Crippen LogP contribution in [0, 0.1) is 6.92 Å². The molecule has 1 saturated heterocycles. The van der Waals surface area contributed by atoms with Gasteiger partial charge in [0.05, 0.1) is 35.0 Å². The van der Waals surface area contributed by atoms with Gasteiger partial charge in [-0.25, -0.2) is 16.8 Å². The van der Waals surface area contributed by atoms with Crippen molar-refractivity contribution in [2.24, 2.45) is 0 Å². The van der Waals surface area contributed by atoms with E-state index in [9.17, 15) is 21.6 Å². The van der Waals surface area contributed by atoms with Crippen LogP contribution in [0.25, 0.3) is 0 Å². The Bertz CT molecular complexity index is 1180. The van der Waals surface area contributed by atoms with Crippen LogP contribution in [0.5, 0.6) is 5.75 Å². The van der Waals surface area contributed by atoms with Crippen LogP contribution in [0.1, 0.15) is 12.0 Å². The van der Waals surface area contributed by atoms with Gasteiger partial charge in [0, 0.05) is 10.9 Å². The third kappa shape index (κ3) is 6.14. The quantitative estimate of drug-likeness (QED) is 0.591. The molecule has 168 valence electrons. The Morgan fingerprint density at radius 3 is 2.65 bits per heavy atom. The highest BCUT2D eigenvalue weighted by Crippen LogP contribution is 2.29. The van der Waals surface area contributed by atoms with Crippen molar-refractivity contribution in [1.29, 1.82) is 0 Å². The molecule has 1 unspecified atom stereocenters. The topological polar surface area (TPSA) is 119 Å². The average Bonchev–Trinajstić information content (AvgIpc) is 3.06. The van der Waals surface area contributed by atoms with Gasteiger partial charge in [0.25, 0.3) is 10.0 Å². The number of thioether (sulfide) groups is 1. The number of anilines is 2. The van der Waals surface area contributed by atoms with Crippen molar-refractivity contribution in [2.75, 3.05) is 34.4 Å². The van der Waals surface area contributed by atoms with Crippen LogP contribution in [0.4, 0.5) is 11.4 Å². The minimum Gasteiger partial charge on any atom is -0.495 e. The van der Waals surface area contributed by atoms with E-state index < -0.39 is 19.9 Å². The monoisotopic (exact) mass is 484 g/mol. The summed E-state index contributed by atoms with van der Waals surface area (Å²) in [7, 11) is -5.47. The number of carbonyl (C=O) groups is 1. The maximum atomic E-state index is 12.9. The van der Waals surface area contributed by atoms with Gasteiger partial charge in [-0.1, -0.05) is 18.2 Å². The number of sulfone groups is 1. The molecule has 2 N–H and O–H groups in total. The Hall–Kier alpha value is -2.24. The molecule has 2 aromatic rings. The highest BCUT2D eigenvalue weighted by atomic mass is 32.2. The van der Waals surface area contributed by atoms with Crippen molar-refractivity contribution in [3.05, 3.63) is 48.0 Å². The number of hydrogen-bond acceptors (Lipinski definition) is 7. The summed E-state index contributed by atoms with van der Waals surface area (Å²) in [6.45, 7) is 1.67. The number of hydrogen-bond donors (Lipinski definition) is 2. The van der Waals surface area contributed by atoms with E-state index in [1.54, 1.807) is 43.3 Å². The summed E-state index contributed by atoms with van der Waals surface area (Å²) in [5, 5.41) is 2.60. The Morgan fingerprint density at radius 1 is 1.23 bits per heavy atom. The molecule has 1 heterocycles. The third-order valence-electron chi connectivity index (χ3n) is 4.75. The molecule has 0 saturated carbocycles. The summed E-state index contributed by atoms with van der Waals surface area (Å²) in [5.74, 6) is 0.408. The second kappa shape index (κ2) is 9.49. The van der Waals surface area contributed by atoms with E-state index in [0.717, 1.165) is 0 Å². The number of rotatable bonds is 8. The smallest absolute Gasteiger partial charge is 0.262 e. The lowest BCUT2D eigenvalue weighted by Crippen LogP contribution is -2.18. The number of amides is 1. The molecule has 1 fully saturated rings. The highest BCUT2D eigenvalue weighted by Gasteiger charge is 2.28. The van der Waals surface area contributed by atoms with Gasteiger partial charge in [-0.05, 0) is 43.2 Å². The molecule has 11 heteroatoms. The van der Waals surface area contributed by atoms with Crippen LogP contribution >= 0.6 is 11.8 Å². The van der Waals surface area contributed by atoms with Crippen molar-refractivity contribution in [3.8, 4) is 5.75 Å². The lowest BCUT2D eigenvalue weighted by atomic mass is 10.2. The van der Waals surface area contributed by atoms with Gasteiger partial charge in [0.15, 0.2) is 9.84 Å². The van der Waals surface area contributed by atoms with Gasteiger partial charge in [-0.3, -0.25) is 9.52 Å². The van der Waals surface area contributed by atoms with Crippen molar-refractivity contribution in [3.63, 3.8) is 0 Å². The molecule has 0 spiro atoms. The molecule has 1 amide bonds. The summed E-state index contributed by atoms with van der Waals surface area (Å²) in [5.41, 5.74) is 1.17.